The Kier molecular flexibility index (Phi) is 6.47. The molecule has 0 bridgehead atoms. The minimum atomic E-state index is -3.80. The molecule has 3 aromatic rings. The second-order valence-corrected chi connectivity index (χ2v) is 8.77. The summed E-state index contributed by atoms with van der Waals surface area (Å²) in [5, 5.41) is 1.62. The van der Waals surface area contributed by atoms with Gasteiger partial charge in [-0.3, -0.25) is 4.79 Å². The van der Waals surface area contributed by atoms with E-state index in [0.29, 0.717) is 17.1 Å². The molecule has 7 nitrogen and oxygen atoms in total. The summed E-state index contributed by atoms with van der Waals surface area (Å²) in [6.07, 6.45) is 1.41. The summed E-state index contributed by atoms with van der Waals surface area (Å²) in [6.45, 7) is 1.72. The summed E-state index contributed by atoms with van der Waals surface area (Å²) in [6, 6.07) is 14.5. The highest BCUT2D eigenvalue weighted by Gasteiger charge is 2.32. The third-order valence-corrected chi connectivity index (χ3v) is 6.76. The van der Waals surface area contributed by atoms with E-state index in [4.69, 9.17) is 13.9 Å². The molecule has 30 heavy (non-hydrogen) atoms. The number of carbonyl (C=O) groups excluding carboxylic acids is 1. The van der Waals surface area contributed by atoms with Gasteiger partial charge < -0.3 is 19.2 Å². The first kappa shape index (κ1) is 21.4. The van der Waals surface area contributed by atoms with Crippen molar-refractivity contribution < 1.29 is 27.1 Å². The van der Waals surface area contributed by atoms with Gasteiger partial charge in [0, 0.05) is 12.1 Å². The smallest absolute Gasteiger partial charge is 0.251 e. The SMILES string of the molecule is COc1ccc(C(=O)NCC(c2ccco2)S(=O)(=O)c2ccc(C)cc2)cc1OC. The second kappa shape index (κ2) is 9.04. The fraction of sp³-hybridized carbons (Fsp3) is 0.227. The molecule has 1 amide bonds. The van der Waals surface area contributed by atoms with Crippen LogP contribution < -0.4 is 14.8 Å². The molecule has 1 heterocycles. The molecule has 8 heteroatoms. The number of rotatable bonds is 8. The zero-order valence-electron chi connectivity index (χ0n) is 16.9. The fourth-order valence-corrected chi connectivity index (χ4v) is 4.58. The lowest BCUT2D eigenvalue weighted by Crippen LogP contribution is -2.31. The second-order valence-electron chi connectivity index (χ2n) is 6.64. The standard InChI is InChI=1S/C22H23NO6S/c1-15-6-9-17(10-7-15)30(25,26)21(19-5-4-12-29-19)14-23-22(24)16-8-11-18(27-2)20(13-16)28-3/h4-13,21H,14H2,1-3H3,(H,23,24). The Balaban J connectivity index is 1.85. The highest BCUT2D eigenvalue weighted by molar-refractivity contribution is 7.91. The van der Waals surface area contributed by atoms with E-state index in [2.05, 4.69) is 5.32 Å². The van der Waals surface area contributed by atoms with Crippen LogP contribution in [-0.4, -0.2) is 35.1 Å². The largest absolute Gasteiger partial charge is 0.493 e. The van der Waals surface area contributed by atoms with Crippen molar-refractivity contribution in [3.8, 4) is 11.5 Å². The summed E-state index contributed by atoms with van der Waals surface area (Å²) in [5.74, 6) is 0.708. The van der Waals surface area contributed by atoms with E-state index >= 15 is 0 Å². The molecular weight excluding hydrogens is 406 g/mol. The summed E-state index contributed by atoms with van der Waals surface area (Å²) < 4.78 is 42.2. The van der Waals surface area contributed by atoms with Crippen molar-refractivity contribution in [1.29, 1.82) is 0 Å². The van der Waals surface area contributed by atoms with Gasteiger partial charge in [0.15, 0.2) is 21.3 Å². The van der Waals surface area contributed by atoms with Crippen LogP contribution >= 0.6 is 0 Å². The molecule has 0 spiro atoms. The number of nitrogens with one attached hydrogen (secondary N) is 1. The quantitative estimate of drug-likeness (QED) is 0.588. The van der Waals surface area contributed by atoms with E-state index in [0.717, 1.165) is 5.56 Å². The maximum Gasteiger partial charge on any atom is 0.251 e. The lowest BCUT2D eigenvalue weighted by molar-refractivity contribution is 0.0953. The van der Waals surface area contributed by atoms with Crippen LogP contribution in [0, 0.1) is 6.92 Å². The molecule has 1 unspecified atom stereocenters. The van der Waals surface area contributed by atoms with Gasteiger partial charge in [-0.05, 0) is 49.4 Å². The molecule has 0 aliphatic heterocycles. The third kappa shape index (κ3) is 4.49. The maximum atomic E-state index is 13.2. The molecule has 158 valence electrons. The van der Waals surface area contributed by atoms with Crippen molar-refractivity contribution in [2.45, 2.75) is 17.1 Å². The average molecular weight is 429 g/mol. The number of carbonyl (C=O) groups is 1. The molecule has 0 fully saturated rings. The van der Waals surface area contributed by atoms with E-state index in [-0.39, 0.29) is 17.2 Å². The van der Waals surface area contributed by atoms with Gasteiger partial charge in [0.25, 0.3) is 5.91 Å². The van der Waals surface area contributed by atoms with Gasteiger partial charge in [-0.2, -0.15) is 0 Å². The number of sulfone groups is 1. The molecular formula is C22H23NO6S. The van der Waals surface area contributed by atoms with E-state index in [9.17, 15) is 13.2 Å². The van der Waals surface area contributed by atoms with Crippen LogP contribution in [-0.2, 0) is 9.84 Å². The molecule has 1 N–H and O–H groups in total. The Labute approximate surface area is 175 Å². The lowest BCUT2D eigenvalue weighted by Gasteiger charge is -2.17. The first-order valence-corrected chi connectivity index (χ1v) is 10.8. The van der Waals surface area contributed by atoms with Crippen molar-refractivity contribution in [3.05, 3.63) is 77.7 Å². The predicted molar refractivity (Wildman–Crippen MR) is 112 cm³/mol. The molecule has 0 aliphatic carbocycles. The maximum absolute atomic E-state index is 13.2. The predicted octanol–water partition coefficient (Wildman–Crippen LogP) is 3.55. The number of amides is 1. The van der Waals surface area contributed by atoms with Gasteiger partial charge in [0.1, 0.15) is 11.0 Å². The van der Waals surface area contributed by atoms with E-state index in [1.54, 1.807) is 48.5 Å². The Hall–Kier alpha value is -3.26. The number of hydrogen-bond donors (Lipinski definition) is 1. The number of benzene rings is 2. The van der Waals surface area contributed by atoms with Crippen molar-refractivity contribution in [3.63, 3.8) is 0 Å². The van der Waals surface area contributed by atoms with Crippen LogP contribution in [0.2, 0.25) is 0 Å². The Bertz CT molecular complexity index is 1110. The number of ether oxygens (including phenoxy) is 2. The summed E-state index contributed by atoms with van der Waals surface area (Å²) in [5.41, 5.74) is 1.27. The van der Waals surface area contributed by atoms with E-state index in [1.807, 2.05) is 6.92 Å². The molecule has 0 radical (unpaired) electrons. The molecule has 1 aromatic heterocycles. The van der Waals surface area contributed by atoms with Gasteiger partial charge >= 0.3 is 0 Å². The topological polar surface area (TPSA) is 94.8 Å². The average Bonchev–Trinajstić information content (AvgIpc) is 3.27. The molecule has 0 aliphatic rings. The molecule has 0 saturated carbocycles. The van der Waals surface area contributed by atoms with E-state index in [1.165, 1.54) is 26.5 Å². The number of hydrogen-bond acceptors (Lipinski definition) is 6. The van der Waals surface area contributed by atoms with Gasteiger partial charge in [-0.25, -0.2) is 8.42 Å². The molecule has 0 saturated heterocycles. The van der Waals surface area contributed by atoms with Crippen LogP contribution in [0.15, 0.2) is 70.2 Å². The van der Waals surface area contributed by atoms with Crippen LogP contribution in [0.5, 0.6) is 11.5 Å². The highest BCUT2D eigenvalue weighted by atomic mass is 32.2. The van der Waals surface area contributed by atoms with Crippen LogP contribution in [0.1, 0.15) is 26.9 Å². The zero-order chi connectivity index (χ0) is 21.7. The fourth-order valence-electron chi connectivity index (χ4n) is 2.99. The molecule has 1 atom stereocenters. The highest BCUT2D eigenvalue weighted by Crippen LogP contribution is 2.30. The minimum Gasteiger partial charge on any atom is -0.493 e. The van der Waals surface area contributed by atoms with Gasteiger partial charge in [0.2, 0.25) is 0 Å². The summed E-state index contributed by atoms with van der Waals surface area (Å²) in [4.78, 5) is 12.8. The lowest BCUT2D eigenvalue weighted by atomic mass is 10.2. The first-order valence-electron chi connectivity index (χ1n) is 9.21. The van der Waals surface area contributed by atoms with Crippen molar-refractivity contribution >= 4 is 15.7 Å². The van der Waals surface area contributed by atoms with Crippen LogP contribution in [0.25, 0.3) is 0 Å². The normalized spacial score (nSPS) is 12.2. The Morgan fingerprint density at radius 2 is 1.73 bits per heavy atom. The van der Waals surface area contributed by atoms with Gasteiger partial charge in [-0.1, -0.05) is 17.7 Å². The van der Waals surface area contributed by atoms with Gasteiger partial charge in [-0.15, -0.1) is 0 Å². The molecule has 2 aromatic carbocycles. The number of furan rings is 1. The molecule has 3 rings (SSSR count). The van der Waals surface area contributed by atoms with Gasteiger partial charge in [0.05, 0.1) is 25.4 Å². The summed E-state index contributed by atoms with van der Waals surface area (Å²) >= 11 is 0. The Morgan fingerprint density at radius 1 is 1.03 bits per heavy atom. The van der Waals surface area contributed by atoms with Crippen molar-refractivity contribution in [1.82, 2.24) is 5.32 Å². The zero-order valence-corrected chi connectivity index (χ0v) is 17.7. The third-order valence-electron chi connectivity index (χ3n) is 4.68. The number of aryl methyl sites for hydroxylation is 1. The van der Waals surface area contributed by atoms with Crippen molar-refractivity contribution in [2.75, 3.05) is 20.8 Å². The summed E-state index contributed by atoms with van der Waals surface area (Å²) in [7, 11) is -0.821. The number of methoxy groups -OCH3 is 2. The van der Waals surface area contributed by atoms with E-state index < -0.39 is 21.0 Å². The monoisotopic (exact) mass is 429 g/mol. The van der Waals surface area contributed by atoms with Crippen LogP contribution in [0.4, 0.5) is 0 Å². The van der Waals surface area contributed by atoms with Crippen LogP contribution in [0.3, 0.4) is 0 Å². The first-order chi connectivity index (χ1) is 14.4. The minimum absolute atomic E-state index is 0.156. The van der Waals surface area contributed by atoms with Crippen molar-refractivity contribution in [2.24, 2.45) is 0 Å². The Morgan fingerprint density at radius 3 is 2.33 bits per heavy atom.